The van der Waals surface area contributed by atoms with Crippen LogP contribution in [-0.2, 0) is 0 Å². The smallest absolute Gasteiger partial charge is 0.264 e. The number of carbonyl (C=O) groups is 1. The molecular weight excluding hydrogens is 634 g/mol. The summed E-state index contributed by atoms with van der Waals surface area (Å²) in [5.74, 6) is -8.89. The van der Waals surface area contributed by atoms with Crippen LogP contribution in [0.15, 0.2) is 54.6 Å². The first kappa shape index (κ1) is 33.4. The second-order valence-corrected chi connectivity index (χ2v) is 10.3. The van der Waals surface area contributed by atoms with E-state index < -0.39 is 46.6 Å². The Bertz CT molecular complexity index is 1830. The van der Waals surface area contributed by atoms with E-state index in [4.69, 9.17) is 40.6 Å². The van der Waals surface area contributed by atoms with Crippen molar-refractivity contribution >= 4 is 17.6 Å². The third-order valence-electron chi connectivity index (χ3n) is 7.11. The summed E-state index contributed by atoms with van der Waals surface area (Å²) in [4.78, 5) is 17.3. The first-order chi connectivity index (χ1) is 23.0. The van der Waals surface area contributed by atoms with Crippen LogP contribution < -0.4 is 45.6 Å². The van der Waals surface area contributed by atoms with Crippen molar-refractivity contribution < 1.29 is 47.5 Å². The maximum Gasteiger partial charge on any atom is 0.264 e. The molecule has 7 N–H and O–H groups in total. The largest absolute Gasteiger partial charge is 0.545 e. The third kappa shape index (κ3) is 7.19. The van der Waals surface area contributed by atoms with Crippen LogP contribution in [0.4, 0.5) is 14.5 Å². The summed E-state index contributed by atoms with van der Waals surface area (Å²) in [6.45, 7) is 1.47. The van der Waals surface area contributed by atoms with Crippen molar-refractivity contribution in [3.63, 3.8) is 0 Å². The number of ether oxygens (including phenoxy) is 5. The van der Waals surface area contributed by atoms with Crippen molar-refractivity contribution in [1.82, 2.24) is 9.88 Å². The predicted molar refractivity (Wildman–Crippen MR) is 166 cm³/mol. The Hall–Kier alpha value is -6.00. The van der Waals surface area contributed by atoms with Gasteiger partial charge in [0.2, 0.25) is 28.9 Å². The van der Waals surface area contributed by atoms with Gasteiger partial charge in [0.05, 0.1) is 32.3 Å². The summed E-state index contributed by atoms with van der Waals surface area (Å²) in [5.41, 5.74) is 11.6. The van der Waals surface area contributed by atoms with Crippen LogP contribution >= 0.6 is 0 Å². The van der Waals surface area contributed by atoms with E-state index in [2.05, 4.69) is 10.3 Å². The number of nitrogens with two attached hydrogens (primary N) is 2. The van der Waals surface area contributed by atoms with E-state index in [-0.39, 0.29) is 46.3 Å². The zero-order valence-corrected chi connectivity index (χ0v) is 25.6. The molecule has 0 amide bonds. The molecule has 0 atom stereocenters. The molecule has 2 heterocycles. The number of nitrogens with zero attached hydrogens (tertiary/aromatic N) is 2. The van der Waals surface area contributed by atoms with Crippen molar-refractivity contribution in [2.24, 2.45) is 11.5 Å². The van der Waals surface area contributed by atoms with Crippen LogP contribution in [0, 0.1) is 23.2 Å². The summed E-state index contributed by atoms with van der Waals surface area (Å²) in [6.07, 6.45) is 1.80. The summed E-state index contributed by atoms with van der Waals surface area (Å²) in [6, 6.07) is 12.0. The van der Waals surface area contributed by atoms with Crippen molar-refractivity contribution in [3.05, 3.63) is 83.5 Å². The zero-order valence-electron chi connectivity index (χ0n) is 25.6. The number of phenolic OH excluding ortho intramolecular Hbond substituents is 1. The molecule has 5 rings (SSSR count). The molecule has 4 aromatic rings. The molecule has 0 spiro atoms. The number of aromatic hydroxyl groups is 1. The highest BCUT2D eigenvalue weighted by atomic mass is 19.1. The SMILES string of the molecule is COc1cc(C(=O)[O-])cc(OC)c1Oc1c(F)c(Oc2cccc(NC(=N)N3CCCC3)c2)nc(Oc2cc([C+](N)N)ccc2O)c1F. The van der Waals surface area contributed by atoms with Gasteiger partial charge in [0.25, 0.3) is 11.8 Å². The Morgan fingerprint density at radius 2 is 1.58 bits per heavy atom. The number of methoxy groups -OCH3 is 2. The Kier molecular flexibility index (Phi) is 9.86. The molecule has 0 bridgehead atoms. The van der Waals surface area contributed by atoms with Crippen LogP contribution in [0.1, 0.15) is 28.8 Å². The lowest BCUT2D eigenvalue weighted by Crippen LogP contribution is -2.32. The van der Waals surface area contributed by atoms with Crippen LogP contribution in [-0.4, -0.2) is 54.2 Å². The van der Waals surface area contributed by atoms with Crippen LogP contribution in [0.2, 0.25) is 0 Å². The fourth-order valence-electron chi connectivity index (χ4n) is 4.69. The highest BCUT2D eigenvalue weighted by Gasteiger charge is 2.29. The van der Waals surface area contributed by atoms with E-state index in [0.29, 0.717) is 5.69 Å². The molecule has 0 unspecified atom stereocenters. The first-order valence-corrected chi connectivity index (χ1v) is 14.3. The number of carboxylic acid groups (broad SMARTS) is 1. The summed E-state index contributed by atoms with van der Waals surface area (Å²) < 4.78 is 59.6. The Morgan fingerprint density at radius 3 is 2.19 bits per heavy atom. The zero-order chi connectivity index (χ0) is 34.5. The van der Waals surface area contributed by atoms with Gasteiger partial charge in [-0.25, -0.2) is 11.5 Å². The molecule has 250 valence electrons. The number of guanidine groups is 1. The highest BCUT2D eigenvalue weighted by Crippen LogP contribution is 2.46. The third-order valence-corrected chi connectivity index (χ3v) is 7.11. The number of aromatic nitrogens is 1. The lowest BCUT2D eigenvalue weighted by molar-refractivity contribution is -0.255. The fourth-order valence-corrected chi connectivity index (χ4v) is 4.69. The van der Waals surface area contributed by atoms with Gasteiger partial charge in [0.15, 0.2) is 34.9 Å². The van der Waals surface area contributed by atoms with E-state index in [1.165, 1.54) is 44.6 Å². The minimum atomic E-state index is -1.57. The number of nitrogens with one attached hydrogen (secondary N) is 2. The normalized spacial score (nSPS) is 12.3. The topological polar surface area (TPSA) is 211 Å². The second-order valence-electron chi connectivity index (χ2n) is 10.3. The Morgan fingerprint density at radius 1 is 0.938 bits per heavy atom. The van der Waals surface area contributed by atoms with Gasteiger partial charge in [-0.1, -0.05) is 6.07 Å². The molecular formula is C32H30F2N6O8. The number of carbonyl (C=O) groups excluding carboxylic acids is 1. The van der Waals surface area contributed by atoms with Crippen molar-refractivity contribution in [2.45, 2.75) is 12.8 Å². The molecule has 0 saturated carbocycles. The van der Waals surface area contributed by atoms with Gasteiger partial charge in [0, 0.05) is 36.5 Å². The summed E-state index contributed by atoms with van der Waals surface area (Å²) in [5, 5.41) is 33.2. The fraction of sp³-hybridized carbons (Fsp3) is 0.188. The number of rotatable bonds is 11. The number of carboxylic acids is 1. The van der Waals surface area contributed by atoms with Crippen LogP contribution in [0.5, 0.6) is 52.0 Å². The van der Waals surface area contributed by atoms with E-state index in [1.807, 2.05) is 4.90 Å². The molecule has 14 nitrogen and oxygen atoms in total. The van der Waals surface area contributed by atoms with Crippen molar-refractivity contribution in [3.8, 4) is 52.0 Å². The monoisotopic (exact) mass is 664 g/mol. The second kappa shape index (κ2) is 14.2. The van der Waals surface area contributed by atoms with Gasteiger partial charge in [-0.2, -0.15) is 13.8 Å². The van der Waals surface area contributed by atoms with Gasteiger partial charge in [-0.05, 0) is 37.1 Å². The maximum absolute atomic E-state index is 16.1. The molecule has 48 heavy (non-hydrogen) atoms. The number of pyridine rings is 1. The van der Waals surface area contributed by atoms with E-state index in [9.17, 15) is 15.0 Å². The van der Waals surface area contributed by atoms with Crippen LogP contribution in [0.25, 0.3) is 0 Å². The molecule has 1 saturated heterocycles. The number of phenols is 1. The first-order valence-electron chi connectivity index (χ1n) is 14.3. The van der Waals surface area contributed by atoms with Crippen LogP contribution in [0.3, 0.4) is 0 Å². The standard InChI is InChI=1S/C32H30F2N6O8/c1-44-22-13-17(31(42)43)14-23(45-2)26(22)48-27-24(33)29(39-30(25(27)34)47-21-12-16(28(35)36)8-9-20(21)41)46-19-7-5-6-18(15-19)38-32(37)40-10-3-4-11-40/h5-9,12-15,41H,3-4,10-11H2,1-2H3,(H3,35,36)(H2,37,38)(H,42,43). The van der Waals surface area contributed by atoms with Gasteiger partial charge in [0.1, 0.15) is 5.75 Å². The number of benzene rings is 3. The van der Waals surface area contributed by atoms with E-state index in [0.717, 1.165) is 38.1 Å². The minimum Gasteiger partial charge on any atom is -0.545 e. The molecule has 1 fully saturated rings. The maximum atomic E-state index is 16.1. The number of hydrogen-bond donors (Lipinski definition) is 5. The van der Waals surface area contributed by atoms with Gasteiger partial charge >= 0.3 is 0 Å². The lowest BCUT2D eigenvalue weighted by Gasteiger charge is -2.20. The lowest BCUT2D eigenvalue weighted by atomic mass is 10.1. The van der Waals surface area contributed by atoms with Crippen molar-refractivity contribution in [1.29, 1.82) is 5.41 Å². The number of anilines is 1. The minimum absolute atomic E-state index is 0.0351. The van der Waals surface area contributed by atoms with E-state index >= 15 is 8.78 Å². The molecule has 1 aliphatic heterocycles. The van der Waals surface area contributed by atoms with Gasteiger partial charge in [-0.15, -0.1) is 0 Å². The van der Waals surface area contributed by atoms with Gasteiger partial charge in [-0.3, -0.25) is 5.41 Å². The number of halogens is 2. The molecule has 0 aliphatic carbocycles. The average Bonchev–Trinajstić information content (AvgIpc) is 3.61. The number of likely N-dealkylation sites (tertiary alicyclic amines) is 1. The number of aromatic carboxylic acids is 1. The quantitative estimate of drug-likeness (QED) is 0.0872. The van der Waals surface area contributed by atoms with Crippen molar-refractivity contribution in [2.75, 3.05) is 32.6 Å². The average molecular weight is 665 g/mol. The summed E-state index contributed by atoms with van der Waals surface area (Å²) >= 11 is 0. The molecule has 1 aromatic heterocycles. The molecule has 1 aliphatic rings. The van der Waals surface area contributed by atoms with E-state index in [1.54, 1.807) is 12.1 Å². The van der Waals surface area contributed by atoms with Gasteiger partial charge < -0.3 is 48.9 Å². The Labute approximate surface area is 272 Å². The molecule has 16 heteroatoms. The molecule has 3 aromatic carbocycles. The predicted octanol–water partition coefficient (Wildman–Crippen LogP) is 4.02. The highest BCUT2D eigenvalue weighted by molar-refractivity contribution is 5.91. The molecule has 0 radical (unpaired) electrons. The summed E-state index contributed by atoms with van der Waals surface area (Å²) in [7, 11) is 2.34. The number of hydrogen-bond acceptors (Lipinski definition) is 12. The Balaban J connectivity index is 1.58.